The quantitative estimate of drug-likeness (QED) is 0.617. The number of rotatable bonds is 5. The third-order valence-corrected chi connectivity index (χ3v) is 1.37. The molecule has 2 N–H and O–H groups in total. The molecule has 0 fully saturated rings. The average molecular weight is 157 g/mol. The van der Waals surface area contributed by atoms with Crippen molar-refractivity contribution in [2.45, 2.75) is 19.8 Å². The van der Waals surface area contributed by atoms with E-state index in [4.69, 9.17) is 5.73 Å². The molecule has 0 spiro atoms. The van der Waals surface area contributed by atoms with E-state index in [2.05, 4.69) is 11.3 Å². The van der Waals surface area contributed by atoms with Crippen molar-refractivity contribution >= 4 is 6.09 Å². The Labute approximate surface area is 67.2 Å². The Morgan fingerprint density at radius 2 is 2.45 bits per heavy atom. The van der Waals surface area contributed by atoms with E-state index in [1.165, 1.54) is 0 Å². The summed E-state index contributed by atoms with van der Waals surface area (Å²) < 4.78 is 4.61. The molecule has 0 unspecified atom stereocenters. The second-order valence-corrected chi connectivity index (χ2v) is 2.60. The van der Waals surface area contributed by atoms with Crippen LogP contribution in [0.5, 0.6) is 0 Å². The lowest BCUT2D eigenvalue weighted by atomic mass is 10.1. The van der Waals surface area contributed by atoms with E-state index in [-0.39, 0.29) is 0 Å². The summed E-state index contributed by atoms with van der Waals surface area (Å²) in [6.07, 6.45) is 3.08. The van der Waals surface area contributed by atoms with Gasteiger partial charge in [-0.15, -0.1) is 6.58 Å². The molecule has 3 heteroatoms. The highest BCUT2D eigenvalue weighted by atomic mass is 16.5. The maximum absolute atomic E-state index is 10.2. The number of carbonyl (C=O) groups excluding carboxylic acids is 1. The topological polar surface area (TPSA) is 52.3 Å². The molecule has 0 saturated carbocycles. The molecule has 0 aliphatic carbocycles. The zero-order valence-corrected chi connectivity index (χ0v) is 6.88. The van der Waals surface area contributed by atoms with Crippen LogP contribution in [-0.4, -0.2) is 12.7 Å². The van der Waals surface area contributed by atoms with Gasteiger partial charge in [0.05, 0.1) is 6.61 Å². The fraction of sp³-hybridized carbons (Fsp3) is 0.625. The molecule has 0 aromatic carbocycles. The van der Waals surface area contributed by atoms with E-state index >= 15 is 0 Å². The Balaban J connectivity index is 3.28. The molecule has 0 bridgehead atoms. The van der Waals surface area contributed by atoms with Crippen LogP contribution < -0.4 is 5.73 Å². The highest BCUT2D eigenvalue weighted by Gasteiger charge is 2.02. The van der Waals surface area contributed by atoms with Gasteiger partial charge in [0, 0.05) is 0 Å². The molecule has 0 heterocycles. The van der Waals surface area contributed by atoms with Crippen molar-refractivity contribution in [2.24, 2.45) is 11.7 Å². The van der Waals surface area contributed by atoms with Crippen molar-refractivity contribution in [1.29, 1.82) is 0 Å². The summed E-state index contributed by atoms with van der Waals surface area (Å²) in [6.45, 7) is 6.01. The zero-order chi connectivity index (χ0) is 8.69. The zero-order valence-electron chi connectivity index (χ0n) is 6.88. The van der Waals surface area contributed by atoms with Gasteiger partial charge in [0.25, 0.3) is 0 Å². The van der Waals surface area contributed by atoms with Crippen LogP contribution in [0, 0.1) is 5.92 Å². The lowest BCUT2D eigenvalue weighted by Crippen LogP contribution is -2.17. The Kier molecular flexibility index (Phi) is 5.25. The van der Waals surface area contributed by atoms with E-state index in [0.717, 1.165) is 12.8 Å². The molecule has 64 valence electrons. The number of nitrogens with two attached hydrogens (primary N) is 1. The Bertz CT molecular complexity index is 134. The Hall–Kier alpha value is -0.990. The third kappa shape index (κ3) is 6.90. The molecule has 11 heavy (non-hydrogen) atoms. The summed E-state index contributed by atoms with van der Waals surface area (Å²) in [5, 5.41) is 0. The molecule has 0 aromatic rings. The Morgan fingerprint density at radius 1 is 1.82 bits per heavy atom. The number of allylic oxidation sites excluding steroid dienone is 1. The van der Waals surface area contributed by atoms with Crippen LogP contribution in [0.15, 0.2) is 12.7 Å². The number of amides is 1. The van der Waals surface area contributed by atoms with Crippen molar-refractivity contribution < 1.29 is 9.53 Å². The molecule has 0 aliphatic heterocycles. The smallest absolute Gasteiger partial charge is 0.404 e. The van der Waals surface area contributed by atoms with Crippen molar-refractivity contribution in [3.63, 3.8) is 0 Å². The number of hydrogen-bond acceptors (Lipinski definition) is 2. The van der Waals surface area contributed by atoms with Crippen LogP contribution in [0.3, 0.4) is 0 Å². The number of carbonyl (C=O) groups is 1. The van der Waals surface area contributed by atoms with E-state index in [1.54, 1.807) is 0 Å². The van der Waals surface area contributed by atoms with Crippen LogP contribution in [0.25, 0.3) is 0 Å². The minimum atomic E-state index is -0.699. The molecular weight excluding hydrogens is 142 g/mol. The van der Waals surface area contributed by atoms with Crippen LogP contribution in [0.2, 0.25) is 0 Å². The fourth-order valence-electron chi connectivity index (χ4n) is 0.710. The van der Waals surface area contributed by atoms with Gasteiger partial charge in [0.1, 0.15) is 0 Å². The summed E-state index contributed by atoms with van der Waals surface area (Å²) in [5.41, 5.74) is 4.79. The number of ether oxygens (including phenoxy) is 1. The normalized spacial score (nSPS) is 12.1. The lowest BCUT2D eigenvalue weighted by molar-refractivity contribution is 0.138. The van der Waals surface area contributed by atoms with Gasteiger partial charge in [0.15, 0.2) is 0 Å². The average Bonchev–Trinajstić information content (AvgIpc) is 1.97. The fourth-order valence-corrected chi connectivity index (χ4v) is 0.710. The van der Waals surface area contributed by atoms with Crippen molar-refractivity contribution in [2.75, 3.05) is 6.61 Å². The summed E-state index contributed by atoms with van der Waals surface area (Å²) in [7, 11) is 0. The summed E-state index contributed by atoms with van der Waals surface area (Å²) in [4.78, 5) is 10.2. The standard InChI is InChI=1S/C8H15NO2/c1-3-4-5-7(2)6-11-8(9)10/h3,7H,1,4-6H2,2H3,(H2,9,10)/t7-/m0/s1. The first-order valence-corrected chi connectivity index (χ1v) is 3.70. The molecule has 0 radical (unpaired) electrons. The molecule has 3 nitrogen and oxygen atoms in total. The second-order valence-electron chi connectivity index (χ2n) is 2.60. The predicted octanol–water partition coefficient (Wildman–Crippen LogP) is 1.68. The molecule has 0 saturated heterocycles. The van der Waals surface area contributed by atoms with Gasteiger partial charge in [-0.25, -0.2) is 4.79 Å². The van der Waals surface area contributed by atoms with Gasteiger partial charge in [-0.05, 0) is 18.8 Å². The van der Waals surface area contributed by atoms with Gasteiger partial charge in [-0.2, -0.15) is 0 Å². The first-order valence-electron chi connectivity index (χ1n) is 3.70. The van der Waals surface area contributed by atoms with Gasteiger partial charge in [-0.1, -0.05) is 13.0 Å². The van der Waals surface area contributed by atoms with Gasteiger partial charge in [-0.3, -0.25) is 0 Å². The van der Waals surface area contributed by atoms with Gasteiger partial charge >= 0.3 is 6.09 Å². The van der Waals surface area contributed by atoms with E-state index in [0.29, 0.717) is 12.5 Å². The maximum atomic E-state index is 10.2. The second kappa shape index (κ2) is 5.77. The molecular formula is C8H15NO2. The molecule has 0 rings (SSSR count). The van der Waals surface area contributed by atoms with E-state index in [9.17, 15) is 4.79 Å². The molecule has 1 amide bonds. The number of primary amides is 1. The lowest BCUT2D eigenvalue weighted by Gasteiger charge is -2.08. The first-order chi connectivity index (χ1) is 5.16. The summed E-state index contributed by atoms with van der Waals surface area (Å²) in [6, 6.07) is 0. The van der Waals surface area contributed by atoms with Crippen LogP contribution >= 0.6 is 0 Å². The molecule has 1 atom stereocenters. The largest absolute Gasteiger partial charge is 0.449 e. The minimum absolute atomic E-state index is 0.362. The van der Waals surface area contributed by atoms with Crippen LogP contribution in [0.4, 0.5) is 4.79 Å². The highest BCUT2D eigenvalue weighted by Crippen LogP contribution is 2.05. The monoisotopic (exact) mass is 157 g/mol. The van der Waals surface area contributed by atoms with Crippen LogP contribution in [-0.2, 0) is 4.74 Å². The summed E-state index contributed by atoms with van der Waals surface area (Å²) >= 11 is 0. The van der Waals surface area contributed by atoms with Gasteiger partial charge < -0.3 is 10.5 Å². The SMILES string of the molecule is C=CCC[C@H](C)COC(N)=O. The minimum Gasteiger partial charge on any atom is -0.449 e. The van der Waals surface area contributed by atoms with E-state index < -0.39 is 6.09 Å². The third-order valence-electron chi connectivity index (χ3n) is 1.37. The van der Waals surface area contributed by atoms with Crippen molar-refractivity contribution in [3.05, 3.63) is 12.7 Å². The highest BCUT2D eigenvalue weighted by molar-refractivity contribution is 5.64. The first kappa shape index (κ1) is 10.0. The Morgan fingerprint density at radius 3 is 2.91 bits per heavy atom. The maximum Gasteiger partial charge on any atom is 0.404 e. The summed E-state index contributed by atoms with van der Waals surface area (Å²) in [5.74, 6) is 0.362. The van der Waals surface area contributed by atoms with Crippen molar-refractivity contribution in [3.8, 4) is 0 Å². The molecule has 0 aliphatic rings. The predicted molar refractivity (Wildman–Crippen MR) is 44.1 cm³/mol. The van der Waals surface area contributed by atoms with E-state index in [1.807, 2.05) is 13.0 Å². The van der Waals surface area contributed by atoms with Crippen LogP contribution in [0.1, 0.15) is 19.8 Å². The number of hydrogen-bond donors (Lipinski definition) is 1. The van der Waals surface area contributed by atoms with Crippen molar-refractivity contribution in [1.82, 2.24) is 0 Å². The van der Waals surface area contributed by atoms with Gasteiger partial charge in [0.2, 0.25) is 0 Å². The molecule has 0 aromatic heterocycles.